The highest BCUT2D eigenvalue weighted by Gasteiger charge is 2.16. The predicted octanol–water partition coefficient (Wildman–Crippen LogP) is 4.88. The Morgan fingerprint density at radius 1 is 1.10 bits per heavy atom. The number of alkyl halides is 1. The van der Waals surface area contributed by atoms with Gasteiger partial charge in [0, 0.05) is 10.3 Å². The van der Waals surface area contributed by atoms with Gasteiger partial charge in [-0.1, -0.05) is 6.07 Å². The number of methoxy groups -OCH3 is 1. The number of hydrogen-bond acceptors (Lipinski definition) is 4. The van der Waals surface area contributed by atoms with E-state index in [1.807, 2.05) is 43.5 Å². The average Bonchev–Trinajstić information content (AvgIpc) is 2.98. The highest BCUT2D eigenvalue weighted by Crippen LogP contribution is 2.39. The van der Waals surface area contributed by atoms with Crippen LogP contribution in [0.3, 0.4) is 0 Å². The Balaban J connectivity index is 2.27. The minimum Gasteiger partial charge on any atom is -0.496 e. The number of hydrogen-bond donors (Lipinski definition) is 0. The lowest BCUT2D eigenvalue weighted by atomic mass is 10.1. The molecule has 1 aromatic heterocycles. The Morgan fingerprint density at radius 3 is 2.43 bits per heavy atom. The standard InChI is InChI=1S/C16H19ClO3S/c1-4-19-13-7-6-11(8-14(13)20-5-2)16(17)15-9-12(18-3)10-21-15/h6-10,16H,4-5H2,1-3H3. The fraction of sp³-hybridized carbons (Fsp3) is 0.375. The Kier molecular flexibility index (Phi) is 5.76. The molecule has 0 amide bonds. The lowest BCUT2D eigenvalue weighted by Crippen LogP contribution is -2.00. The first-order valence-electron chi connectivity index (χ1n) is 6.85. The molecule has 0 spiro atoms. The van der Waals surface area contributed by atoms with E-state index in [2.05, 4.69) is 0 Å². The zero-order valence-electron chi connectivity index (χ0n) is 12.4. The van der Waals surface area contributed by atoms with E-state index in [0.29, 0.717) is 13.2 Å². The molecule has 0 fully saturated rings. The summed E-state index contributed by atoms with van der Waals surface area (Å²) >= 11 is 8.14. The average molecular weight is 327 g/mol. The topological polar surface area (TPSA) is 27.7 Å². The third-order valence-corrected chi connectivity index (χ3v) is 4.53. The summed E-state index contributed by atoms with van der Waals surface area (Å²) < 4.78 is 16.4. The van der Waals surface area contributed by atoms with Crippen LogP contribution in [0.25, 0.3) is 0 Å². The summed E-state index contributed by atoms with van der Waals surface area (Å²) in [5.74, 6) is 2.30. The van der Waals surface area contributed by atoms with Crippen LogP contribution >= 0.6 is 22.9 Å². The molecule has 2 rings (SSSR count). The Bertz CT molecular complexity index is 583. The zero-order valence-corrected chi connectivity index (χ0v) is 14.0. The van der Waals surface area contributed by atoms with E-state index in [9.17, 15) is 0 Å². The van der Waals surface area contributed by atoms with Crippen LogP contribution in [-0.2, 0) is 0 Å². The molecule has 0 radical (unpaired) electrons. The highest BCUT2D eigenvalue weighted by atomic mass is 35.5. The molecule has 3 nitrogen and oxygen atoms in total. The van der Waals surface area contributed by atoms with Crippen LogP contribution in [0.4, 0.5) is 0 Å². The monoisotopic (exact) mass is 326 g/mol. The Morgan fingerprint density at radius 2 is 1.81 bits per heavy atom. The van der Waals surface area contributed by atoms with Crippen molar-refractivity contribution < 1.29 is 14.2 Å². The molecule has 21 heavy (non-hydrogen) atoms. The summed E-state index contributed by atoms with van der Waals surface area (Å²) in [7, 11) is 1.65. The maximum Gasteiger partial charge on any atom is 0.161 e. The normalized spacial score (nSPS) is 12.0. The van der Waals surface area contributed by atoms with Crippen LogP contribution in [0.5, 0.6) is 17.2 Å². The Labute approximate surface area is 134 Å². The molecule has 5 heteroatoms. The lowest BCUT2D eigenvalue weighted by molar-refractivity contribution is 0.287. The van der Waals surface area contributed by atoms with Crippen LogP contribution < -0.4 is 14.2 Å². The van der Waals surface area contributed by atoms with E-state index in [0.717, 1.165) is 27.7 Å². The fourth-order valence-electron chi connectivity index (χ4n) is 1.96. The van der Waals surface area contributed by atoms with Crippen molar-refractivity contribution in [3.8, 4) is 17.2 Å². The van der Waals surface area contributed by atoms with E-state index < -0.39 is 0 Å². The van der Waals surface area contributed by atoms with Gasteiger partial charge in [-0.25, -0.2) is 0 Å². The van der Waals surface area contributed by atoms with Crippen molar-refractivity contribution in [2.24, 2.45) is 0 Å². The molecule has 2 aromatic rings. The third-order valence-electron chi connectivity index (χ3n) is 2.94. The number of benzene rings is 1. The number of rotatable bonds is 7. The van der Waals surface area contributed by atoms with Crippen molar-refractivity contribution in [1.82, 2.24) is 0 Å². The molecule has 1 aromatic carbocycles. The van der Waals surface area contributed by atoms with Crippen molar-refractivity contribution in [2.45, 2.75) is 19.2 Å². The minimum atomic E-state index is -0.228. The number of thiophene rings is 1. The molecule has 0 aliphatic heterocycles. The maximum absolute atomic E-state index is 6.56. The summed E-state index contributed by atoms with van der Waals surface area (Å²) in [5.41, 5.74) is 0.980. The van der Waals surface area contributed by atoms with Crippen LogP contribution in [0.2, 0.25) is 0 Å². The molecular formula is C16H19ClO3S. The zero-order chi connectivity index (χ0) is 15.2. The van der Waals surface area contributed by atoms with E-state index in [1.54, 1.807) is 18.4 Å². The van der Waals surface area contributed by atoms with Crippen LogP contribution in [0, 0.1) is 0 Å². The van der Waals surface area contributed by atoms with Gasteiger partial charge in [-0.2, -0.15) is 0 Å². The maximum atomic E-state index is 6.56. The summed E-state index contributed by atoms with van der Waals surface area (Å²) in [4.78, 5) is 1.04. The molecular weight excluding hydrogens is 308 g/mol. The predicted molar refractivity (Wildman–Crippen MR) is 87.3 cm³/mol. The second-order valence-corrected chi connectivity index (χ2v) is 5.70. The summed E-state index contributed by atoms with van der Waals surface area (Å²) in [5, 5.41) is 1.72. The third kappa shape index (κ3) is 3.83. The molecule has 0 aliphatic carbocycles. The van der Waals surface area contributed by atoms with Gasteiger partial charge in [-0.05, 0) is 37.6 Å². The van der Waals surface area contributed by atoms with Gasteiger partial charge in [0.2, 0.25) is 0 Å². The largest absolute Gasteiger partial charge is 0.496 e. The van der Waals surface area contributed by atoms with E-state index >= 15 is 0 Å². The fourth-order valence-corrected chi connectivity index (χ4v) is 3.17. The molecule has 0 bridgehead atoms. The first kappa shape index (κ1) is 16.0. The van der Waals surface area contributed by atoms with Gasteiger partial charge >= 0.3 is 0 Å². The second kappa shape index (κ2) is 7.57. The van der Waals surface area contributed by atoms with Crippen molar-refractivity contribution in [3.63, 3.8) is 0 Å². The van der Waals surface area contributed by atoms with Gasteiger partial charge in [0.15, 0.2) is 11.5 Å². The lowest BCUT2D eigenvalue weighted by Gasteiger charge is -2.14. The molecule has 1 unspecified atom stereocenters. The van der Waals surface area contributed by atoms with E-state index in [1.165, 1.54) is 0 Å². The SMILES string of the molecule is CCOc1ccc(C(Cl)c2cc(OC)cs2)cc1OCC. The molecule has 1 heterocycles. The quantitative estimate of drug-likeness (QED) is 0.678. The van der Waals surface area contributed by atoms with Crippen molar-refractivity contribution in [1.29, 1.82) is 0 Å². The van der Waals surface area contributed by atoms with Crippen LogP contribution in [0.1, 0.15) is 29.7 Å². The van der Waals surface area contributed by atoms with Crippen molar-refractivity contribution in [2.75, 3.05) is 20.3 Å². The summed E-state index contributed by atoms with van der Waals surface area (Å²) in [6.45, 7) is 5.09. The summed E-state index contributed by atoms with van der Waals surface area (Å²) in [6.07, 6.45) is 0. The van der Waals surface area contributed by atoms with Gasteiger partial charge < -0.3 is 14.2 Å². The van der Waals surface area contributed by atoms with Crippen LogP contribution in [0.15, 0.2) is 29.6 Å². The molecule has 114 valence electrons. The molecule has 1 atom stereocenters. The summed E-state index contributed by atoms with van der Waals surface area (Å²) in [6, 6.07) is 7.78. The van der Waals surface area contributed by atoms with Gasteiger partial charge in [0.25, 0.3) is 0 Å². The van der Waals surface area contributed by atoms with Crippen molar-refractivity contribution >= 4 is 22.9 Å². The first-order valence-corrected chi connectivity index (χ1v) is 8.17. The molecule has 0 saturated carbocycles. The Hall–Kier alpha value is -1.39. The van der Waals surface area contributed by atoms with E-state index in [4.69, 9.17) is 25.8 Å². The minimum absolute atomic E-state index is 0.228. The second-order valence-electron chi connectivity index (χ2n) is 4.32. The van der Waals surface area contributed by atoms with Gasteiger partial charge in [-0.15, -0.1) is 22.9 Å². The molecule has 0 N–H and O–H groups in total. The van der Waals surface area contributed by atoms with E-state index in [-0.39, 0.29) is 5.38 Å². The molecule has 0 aliphatic rings. The number of ether oxygens (including phenoxy) is 3. The molecule has 0 saturated heterocycles. The van der Waals surface area contributed by atoms with Gasteiger partial charge in [0.1, 0.15) is 5.75 Å². The van der Waals surface area contributed by atoms with Gasteiger partial charge in [0.05, 0.1) is 25.7 Å². The first-order chi connectivity index (χ1) is 10.2. The number of halogens is 1. The smallest absolute Gasteiger partial charge is 0.161 e. The van der Waals surface area contributed by atoms with Crippen molar-refractivity contribution in [3.05, 3.63) is 40.1 Å². The van der Waals surface area contributed by atoms with Crippen LogP contribution in [-0.4, -0.2) is 20.3 Å². The highest BCUT2D eigenvalue weighted by molar-refractivity contribution is 7.10. The van der Waals surface area contributed by atoms with Gasteiger partial charge in [-0.3, -0.25) is 0 Å².